The molecule has 3 heteroatoms. The third kappa shape index (κ3) is 3.51. The Hall–Kier alpha value is -1.09. The van der Waals surface area contributed by atoms with Crippen molar-refractivity contribution >= 4 is 5.69 Å². The summed E-state index contributed by atoms with van der Waals surface area (Å²) in [4.78, 5) is 2.34. The van der Waals surface area contributed by atoms with Gasteiger partial charge in [-0.1, -0.05) is 26.8 Å². The van der Waals surface area contributed by atoms with Gasteiger partial charge < -0.3 is 10.6 Å². The van der Waals surface area contributed by atoms with E-state index >= 15 is 0 Å². The molecule has 0 bridgehead atoms. The second kappa shape index (κ2) is 6.13. The van der Waals surface area contributed by atoms with Crippen LogP contribution < -0.4 is 10.6 Å². The first-order valence-corrected chi connectivity index (χ1v) is 7.71. The maximum absolute atomic E-state index is 14.2. The number of benzene rings is 1. The van der Waals surface area contributed by atoms with Crippen molar-refractivity contribution in [2.45, 2.75) is 52.5 Å². The molecule has 2 rings (SSSR count). The quantitative estimate of drug-likeness (QED) is 0.909. The van der Waals surface area contributed by atoms with Gasteiger partial charge in [0, 0.05) is 30.4 Å². The van der Waals surface area contributed by atoms with Gasteiger partial charge in [0.2, 0.25) is 0 Å². The summed E-state index contributed by atoms with van der Waals surface area (Å²) >= 11 is 0. The molecule has 20 heavy (non-hydrogen) atoms. The predicted octanol–water partition coefficient (Wildman–Crippen LogP) is 3.73. The minimum absolute atomic E-state index is 0.0310. The van der Waals surface area contributed by atoms with Gasteiger partial charge >= 0.3 is 0 Å². The topological polar surface area (TPSA) is 29.3 Å². The van der Waals surface area contributed by atoms with Crippen molar-refractivity contribution in [3.63, 3.8) is 0 Å². The number of rotatable bonds is 4. The number of anilines is 1. The van der Waals surface area contributed by atoms with E-state index in [9.17, 15) is 4.39 Å². The van der Waals surface area contributed by atoms with Gasteiger partial charge in [-0.05, 0) is 43.2 Å². The van der Waals surface area contributed by atoms with Crippen LogP contribution in [0.15, 0.2) is 18.2 Å². The molecule has 2 N–H and O–H groups in total. The summed E-state index contributed by atoms with van der Waals surface area (Å²) in [6.07, 6.45) is 3.90. The molecule has 1 atom stereocenters. The standard InChI is InChI=1S/C17H27FN2/c1-4-13(19)11-14-15(18)7-5-8-16(14)20-10-6-9-17(2,3)12-20/h5,7-8,13H,4,6,9-12,19H2,1-3H3. The molecule has 0 spiro atoms. The van der Waals surface area contributed by atoms with Crippen LogP contribution in [-0.2, 0) is 6.42 Å². The highest BCUT2D eigenvalue weighted by Crippen LogP contribution is 2.34. The van der Waals surface area contributed by atoms with Gasteiger partial charge in [0.25, 0.3) is 0 Å². The lowest BCUT2D eigenvalue weighted by Crippen LogP contribution is -2.41. The van der Waals surface area contributed by atoms with E-state index in [-0.39, 0.29) is 11.9 Å². The maximum Gasteiger partial charge on any atom is 0.128 e. The van der Waals surface area contributed by atoms with Crippen LogP contribution in [0.2, 0.25) is 0 Å². The first kappa shape index (κ1) is 15.3. The van der Waals surface area contributed by atoms with Crippen molar-refractivity contribution in [1.29, 1.82) is 0 Å². The Morgan fingerprint density at radius 2 is 2.15 bits per heavy atom. The molecule has 1 fully saturated rings. The van der Waals surface area contributed by atoms with E-state index < -0.39 is 0 Å². The fourth-order valence-electron chi connectivity index (χ4n) is 3.08. The second-order valence-electron chi connectivity index (χ2n) is 6.80. The van der Waals surface area contributed by atoms with E-state index in [2.05, 4.69) is 25.7 Å². The van der Waals surface area contributed by atoms with Gasteiger partial charge in [0.15, 0.2) is 0 Å². The van der Waals surface area contributed by atoms with Gasteiger partial charge in [-0.2, -0.15) is 0 Å². The zero-order valence-electron chi connectivity index (χ0n) is 13.0. The third-order valence-electron chi connectivity index (χ3n) is 4.33. The van der Waals surface area contributed by atoms with Crippen molar-refractivity contribution < 1.29 is 4.39 Å². The SMILES string of the molecule is CCC(N)Cc1c(F)cccc1N1CCCC(C)(C)C1. The lowest BCUT2D eigenvalue weighted by Gasteiger charge is -2.40. The molecule has 0 aromatic heterocycles. The molecule has 1 aromatic carbocycles. The molecule has 1 unspecified atom stereocenters. The van der Waals surface area contributed by atoms with Crippen molar-refractivity contribution in [1.82, 2.24) is 0 Å². The average Bonchev–Trinajstić information content (AvgIpc) is 2.39. The van der Waals surface area contributed by atoms with E-state index in [4.69, 9.17) is 5.73 Å². The Kier molecular flexibility index (Phi) is 4.69. The fraction of sp³-hybridized carbons (Fsp3) is 0.647. The monoisotopic (exact) mass is 278 g/mol. The summed E-state index contributed by atoms with van der Waals surface area (Å²) < 4.78 is 14.2. The predicted molar refractivity (Wildman–Crippen MR) is 83.6 cm³/mol. The lowest BCUT2D eigenvalue weighted by atomic mass is 9.83. The maximum atomic E-state index is 14.2. The fourth-order valence-corrected chi connectivity index (χ4v) is 3.08. The van der Waals surface area contributed by atoms with Crippen molar-refractivity contribution in [2.24, 2.45) is 11.1 Å². The van der Waals surface area contributed by atoms with Crippen LogP contribution in [0.5, 0.6) is 0 Å². The van der Waals surface area contributed by atoms with Crippen LogP contribution in [0, 0.1) is 11.2 Å². The molecule has 2 nitrogen and oxygen atoms in total. The molecule has 1 aliphatic heterocycles. The highest BCUT2D eigenvalue weighted by atomic mass is 19.1. The number of piperidine rings is 1. The largest absolute Gasteiger partial charge is 0.371 e. The highest BCUT2D eigenvalue weighted by molar-refractivity contribution is 5.55. The lowest BCUT2D eigenvalue weighted by molar-refractivity contribution is 0.292. The number of nitrogens with zero attached hydrogens (tertiary/aromatic N) is 1. The summed E-state index contributed by atoms with van der Waals surface area (Å²) in [5.74, 6) is -0.116. The normalized spacial score (nSPS) is 19.9. The number of nitrogens with two attached hydrogens (primary N) is 1. The van der Waals surface area contributed by atoms with E-state index in [0.717, 1.165) is 30.8 Å². The van der Waals surface area contributed by atoms with Crippen LogP contribution in [0.4, 0.5) is 10.1 Å². The Labute approximate surface area is 122 Å². The summed E-state index contributed by atoms with van der Waals surface area (Å²) in [6, 6.07) is 5.44. The zero-order valence-corrected chi connectivity index (χ0v) is 13.0. The average molecular weight is 278 g/mol. The molecule has 112 valence electrons. The molecule has 1 saturated heterocycles. The molecule has 1 aromatic rings. The van der Waals surface area contributed by atoms with E-state index in [1.807, 2.05) is 12.1 Å². The summed E-state index contributed by atoms with van der Waals surface area (Å²) in [7, 11) is 0. The van der Waals surface area contributed by atoms with Crippen LogP contribution >= 0.6 is 0 Å². The van der Waals surface area contributed by atoms with E-state index in [1.54, 1.807) is 6.07 Å². The second-order valence-corrected chi connectivity index (χ2v) is 6.80. The van der Waals surface area contributed by atoms with Gasteiger partial charge in [0.05, 0.1) is 0 Å². The minimum atomic E-state index is -0.116. The van der Waals surface area contributed by atoms with Crippen LogP contribution in [0.3, 0.4) is 0 Å². The van der Waals surface area contributed by atoms with E-state index in [1.165, 1.54) is 12.8 Å². The van der Waals surface area contributed by atoms with Gasteiger partial charge in [0.1, 0.15) is 5.82 Å². The van der Waals surface area contributed by atoms with E-state index in [0.29, 0.717) is 11.8 Å². The summed E-state index contributed by atoms with van der Waals surface area (Å²) in [5.41, 5.74) is 8.18. The molecule has 0 aliphatic carbocycles. The number of hydrogen-bond acceptors (Lipinski definition) is 2. The smallest absolute Gasteiger partial charge is 0.128 e. The zero-order chi connectivity index (χ0) is 14.8. The van der Waals surface area contributed by atoms with Crippen molar-refractivity contribution in [3.05, 3.63) is 29.6 Å². The Bertz CT molecular complexity index is 456. The van der Waals surface area contributed by atoms with Gasteiger partial charge in [-0.25, -0.2) is 4.39 Å². The van der Waals surface area contributed by atoms with Crippen LogP contribution in [0.1, 0.15) is 45.6 Å². The van der Waals surface area contributed by atoms with Gasteiger partial charge in [-0.15, -0.1) is 0 Å². The van der Waals surface area contributed by atoms with Crippen molar-refractivity contribution in [2.75, 3.05) is 18.0 Å². The molecule has 1 aliphatic rings. The number of hydrogen-bond donors (Lipinski definition) is 1. The number of halogens is 1. The third-order valence-corrected chi connectivity index (χ3v) is 4.33. The molecule has 0 radical (unpaired) electrons. The molecular weight excluding hydrogens is 251 g/mol. The van der Waals surface area contributed by atoms with Crippen molar-refractivity contribution in [3.8, 4) is 0 Å². The first-order valence-electron chi connectivity index (χ1n) is 7.71. The van der Waals surface area contributed by atoms with Crippen LogP contribution in [0.25, 0.3) is 0 Å². The Morgan fingerprint density at radius 1 is 1.40 bits per heavy atom. The molecule has 1 heterocycles. The van der Waals surface area contributed by atoms with Gasteiger partial charge in [-0.3, -0.25) is 0 Å². The Morgan fingerprint density at radius 3 is 2.80 bits per heavy atom. The summed E-state index contributed by atoms with van der Waals surface area (Å²) in [5, 5.41) is 0. The van der Waals surface area contributed by atoms with Crippen LogP contribution in [-0.4, -0.2) is 19.1 Å². The molecular formula is C17H27FN2. The highest BCUT2D eigenvalue weighted by Gasteiger charge is 2.28. The minimum Gasteiger partial charge on any atom is -0.371 e. The molecule has 0 amide bonds. The Balaban J connectivity index is 2.28. The molecule has 0 saturated carbocycles. The summed E-state index contributed by atoms with van der Waals surface area (Å²) in [6.45, 7) is 8.63. The first-order chi connectivity index (χ1) is 9.43.